The molecule has 0 bridgehead atoms. The average molecular weight is 362 g/mol. The van der Waals surface area contributed by atoms with Gasteiger partial charge in [0.25, 0.3) is 0 Å². The lowest BCUT2D eigenvalue weighted by atomic mass is 10.2. The van der Waals surface area contributed by atoms with Gasteiger partial charge < -0.3 is 15.8 Å². The van der Waals surface area contributed by atoms with Crippen LogP contribution in [0.15, 0.2) is 30.7 Å². The Kier molecular flexibility index (Phi) is 9.43. The van der Waals surface area contributed by atoms with E-state index < -0.39 is 0 Å². The molecule has 0 radical (unpaired) electrons. The van der Waals surface area contributed by atoms with E-state index in [4.69, 9.17) is 10.5 Å². The fourth-order valence-electron chi connectivity index (χ4n) is 1.96. The Morgan fingerprint density at radius 1 is 1.39 bits per heavy atom. The number of nitrogens with one attached hydrogen (secondary N) is 1. The zero-order valence-corrected chi connectivity index (χ0v) is 14.6. The molecule has 0 aliphatic heterocycles. The summed E-state index contributed by atoms with van der Waals surface area (Å²) in [7, 11) is 1.54. The van der Waals surface area contributed by atoms with E-state index in [2.05, 4.69) is 15.3 Å². The molecular formula is C14H21Cl2N5O2. The van der Waals surface area contributed by atoms with Gasteiger partial charge in [-0.05, 0) is 19.1 Å². The van der Waals surface area contributed by atoms with Gasteiger partial charge in [0.15, 0.2) is 5.82 Å². The number of carbonyl (C=O) groups is 1. The van der Waals surface area contributed by atoms with Crippen LogP contribution in [0.3, 0.4) is 0 Å². The first kappa shape index (κ1) is 21.3. The molecule has 7 nitrogen and oxygen atoms in total. The van der Waals surface area contributed by atoms with Gasteiger partial charge in [-0.3, -0.25) is 9.36 Å². The lowest BCUT2D eigenvalue weighted by Crippen LogP contribution is -2.28. The van der Waals surface area contributed by atoms with Crippen molar-refractivity contribution in [3.63, 3.8) is 0 Å². The summed E-state index contributed by atoms with van der Waals surface area (Å²) in [6, 6.07) is 3.56. The molecule has 0 aliphatic carbocycles. The van der Waals surface area contributed by atoms with Crippen LogP contribution < -0.4 is 11.1 Å². The summed E-state index contributed by atoms with van der Waals surface area (Å²) in [5.41, 5.74) is 6.14. The zero-order valence-electron chi connectivity index (χ0n) is 12.9. The Morgan fingerprint density at radius 2 is 2.13 bits per heavy atom. The van der Waals surface area contributed by atoms with Gasteiger partial charge in [0.1, 0.15) is 5.82 Å². The van der Waals surface area contributed by atoms with Gasteiger partial charge in [0, 0.05) is 32.2 Å². The van der Waals surface area contributed by atoms with E-state index in [9.17, 15) is 4.79 Å². The van der Waals surface area contributed by atoms with Crippen LogP contribution in [0.5, 0.6) is 0 Å². The van der Waals surface area contributed by atoms with E-state index in [1.807, 2.05) is 11.5 Å². The molecule has 2 heterocycles. The molecule has 0 spiro atoms. The van der Waals surface area contributed by atoms with Crippen molar-refractivity contribution in [2.75, 3.05) is 19.0 Å². The molecule has 2 rings (SSSR count). The Labute approximate surface area is 147 Å². The van der Waals surface area contributed by atoms with Crippen molar-refractivity contribution in [1.29, 1.82) is 0 Å². The van der Waals surface area contributed by atoms with Crippen molar-refractivity contribution in [1.82, 2.24) is 14.5 Å². The second-order valence-corrected chi connectivity index (χ2v) is 4.56. The number of aromatic nitrogens is 3. The topological polar surface area (TPSA) is 95.1 Å². The summed E-state index contributed by atoms with van der Waals surface area (Å²) in [6.45, 7) is 2.17. The van der Waals surface area contributed by atoms with Crippen molar-refractivity contribution in [2.24, 2.45) is 5.73 Å². The van der Waals surface area contributed by atoms with E-state index >= 15 is 0 Å². The van der Waals surface area contributed by atoms with Crippen molar-refractivity contribution in [3.8, 4) is 5.82 Å². The lowest BCUT2D eigenvalue weighted by Gasteiger charge is -2.14. The molecular weight excluding hydrogens is 341 g/mol. The van der Waals surface area contributed by atoms with Crippen LogP contribution in [0.25, 0.3) is 5.82 Å². The maximum atomic E-state index is 12.0. The number of carbonyl (C=O) groups excluding carboxylic acids is 1. The number of halogens is 2. The third-order valence-electron chi connectivity index (χ3n) is 3.12. The van der Waals surface area contributed by atoms with Crippen LogP contribution in [0.2, 0.25) is 0 Å². The molecule has 0 saturated carbocycles. The molecule has 2 aromatic rings. The summed E-state index contributed by atoms with van der Waals surface area (Å²) < 4.78 is 6.92. The number of hydrogen-bond donors (Lipinski definition) is 2. The van der Waals surface area contributed by atoms with Crippen molar-refractivity contribution >= 4 is 36.4 Å². The van der Waals surface area contributed by atoms with Crippen LogP contribution in [-0.2, 0) is 9.53 Å². The van der Waals surface area contributed by atoms with E-state index in [1.54, 1.807) is 30.7 Å². The number of amides is 1. The minimum absolute atomic E-state index is 0. The van der Waals surface area contributed by atoms with Crippen LogP contribution in [0.4, 0.5) is 5.69 Å². The van der Waals surface area contributed by atoms with Crippen LogP contribution in [0, 0.1) is 6.92 Å². The number of pyridine rings is 1. The van der Waals surface area contributed by atoms with Crippen molar-refractivity contribution in [2.45, 2.75) is 19.4 Å². The van der Waals surface area contributed by atoms with Crippen LogP contribution >= 0.6 is 24.8 Å². The molecule has 0 aromatic carbocycles. The van der Waals surface area contributed by atoms with E-state index in [-0.39, 0.29) is 43.2 Å². The largest absolute Gasteiger partial charge is 0.380 e. The standard InChI is InChI=1S/C14H19N5O2.2ClH/c1-10-16-6-7-19(10)14-12(4-3-5-17-14)18-13(20)8-11(9-15)21-2;;/h3-7,11H,8-9,15H2,1-2H3,(H,18,20);2*1H. The normalized spacial score (nSPS) is 11.1. The smallest absolute Gasteiger partial charge is 0.227 e. The fourth-order valence-corrected chi connectivity index (χ4v) is 1.96. The van der Waals surface area contributed by atoms with Crippen LogP contribution in [0.1, 0.15) is 12.2 Å². The third kappa shape index (κ3) is 5.47. The van der Waals surface area contributed by atoms with Gasteiger partial charge in [0.2, 0.25) is 5.91 Å². The quantitative estimate of drug-likeness (QED) is 0.816. The average Bonchev–Trinajstić information content (AvgIpc) is 2.91. The number of aryl methyl sites for hydroxylation is 1. The molecule has 1 atom stereocenters. The summed E-state index contributed by atoms with van der Waals surface area (Å²) in [6.07, 6.45) is 5.06. The number of imidazole rings is 1. The highest BCUT2D eigenvalue weighted by atomic mass is 35.5. The second-order valence-electron chi connectivity index (χ2n) is 4.56. The minimum Gasteiger partial charge on any atom is -0.380 e. The maximum Gasteiger partial charge on any atom is 0.227 e. The Bertz CT molecular complexity index is 617. The fraction of sp³-hybridized carbons (Fsp3) is 0.357. The zero-order chi connectivity index (χ0) is 15.2. The molecule has 0 saturated heterocycles. The summed E-state index contributed by atoms with van der Waals surface area (Å²) in [4.78, 5) is 20.5. The second kappa shape index (κ2) is 10.2. The predicted octanol–water partition coefficient (Wildman–Crippen LogP) is 1.72. The highest BCUT2D eigenvalue weighted by Gasteiger charge is 2.14. The van der Waals surface area contributed by atoms with E-state index in [1.165, 1.54) is 7.11 Å². The number of anilines is 1. The first-order chi connectivity index (χ1) is 10.2. The van der Waals surface area contributed by atoms with E-state index in [0.29, 0.717) is 18.1 Å². The number of ether oxygens (including phenoxy) is 1. The SMILES string of the molecule is COC(CN)CC(=O)Nc1cccnc1-n1ccnc1C.Cl.Cl. The highest BCUT2D eigenvalue weighted by molar-refractivity contribution is 5.92. The van der Waals surface area contributed by atoms with Gasteiger partial charge in [-0.2, -0.15) is 0 Å². The Balaban J connectivity index is 0.00000242. The van der Waals surface area contributed by atoms with Gasteiger partial charge >= 0.3 is 0 Å². The van der Waals surface area contributed by atoms with Gasteiger partial charge in [-0.15, -0.1) is 24.8 Å². The number of rotatable bonds is 6. The molecule has 1 unspecified atom stereocenters. The van der Waals surface area contributed by atoms with Gasteiger partial charge in [0.05, 0.1) is 18.2 Å². The Hall–Kier alpha value is -1.67. The van der Waals surface area contributed by atoms with Gasteiger partial charge in [-0.1, -0.05) is 0 Å². The molecule has 2 aromatic heterocycles. The molecule has 0 fully saturated rings. The minimum atomic E-state index is -0.292. The van der Waals surface area contributed by atoms with Crippen LogP contribution in [-0.4, -0.2) is 40.2 Å². The molecule has 0 aliphatic rings. The monoisotopic (exact) mass is 361 g/mol. The number of methoxy groups -OCH3 is 1. The van der Waals surface area contributed by atoms with Crippen molar-refractivity contribution in [3.05, 3.63) is 36.5 Å². The molecule has 9 heteroatoms. The predicted molar refractivity (Wildman–Crippen MR) is 93.7 cm³/mol. The summed E-state index contributed by atoms with van der Waals surface area (Å²) in [5, 5.41) is 2.84. The van der Waals surface area contributed by atoms with Crippen molar-refractivity contribution < 1.29 is 9.53 Å². The molecule has 128 valence electrons. The number of nitrogens with two attached hydrogens (primary N) is 1. The maximum absolute atomic E-state index is 12.0. The van der Waals surface area contributed by atoms with Gasteiger partial charge in [-0.25, -0.2) is 9.97 Å². The molecule has 23 heavy (non-hydrogen) atoms. The first-order valence-electron chi connectivity index (χ1n) is 6.63. The summed E-state index contributed by atoms with van der Waals surface area (Å²) in [5.74, 6) is 1.25. The number of hydrogen-bond acceptors (Lipinski definition) is 5. The highest BCUT2D eigenvalue weighted by Crippen LogP contribution is 2.18. The van der Waals surface area contributed by atoms with E-state index in [0.717, 1.165) is 5.82 Å². The first-order valence-corrected chi connectivity index (χ1v) is 6.63. The molecule has 3 N–H and O–H groups in total. The molecule has 1 amide bonds. The number of nitrogens with zero attached hydrogens (tertiary/aromatic N) is 3. The Morgan fingerprint density at radius 3 is 2.70 bits per heavy atom. The summed E-state index contributed by atoms with van der Waals surface area (Å²) >= 11 is 0. The third-order valence-corrected chi connectivity index (χ3v) is 3.12. The lowest BCUT2D eigenvalue weighted by molar-refractivity contribution is -0.118.